The van der Waals surface area contributed by atoms with Gasteiger partial charge in [0.2, 0.25) is 0 Å². The van der Waals surface area contributed by atoms with Crippen LogP contribution in [0.25, 0.3) is 132 Å². The van der Waals surface area contributed by atoms with Gasteiger partial charge in [0.25, 0.3) is 0 Å². The van der Waals surface area contributed by atoms with Crippen LogP contribution in [0.4, 0.5) is 0 Å². The van der Waals surface area contributed by atoms with E-state index < -0.39 is 0 Å². The third-order valence-corrected chi connectivity index (χ3v) is 15.4. The highest BCUT2D eigenvalue weighted by Crippen LogP contribution is 2.61. The molecule has 15 rings (SSSR count). The Labute approximate surface area is 388 Å². The largest absolute Gasteiger partial charge is 0.309 e. The normalized spacial score (nSPS) is 13.3. The van der Waals surface area contributed by atoms with Gasteiger partial charge in [-0.25, -0.2) is 0 Å². The van der Waals surface area contributed by atoms with E-state index in [1.165, 1.54) is 143 Å². The van der Waals surface area contributed by atoms with Crippen LogP contribution in [-0.4, -0.2) is 9.13 Å². The maximum Gasteiger partial charge on any atom is 0.0645 e. The molecule has 0 saturated heterocycles. The zero-order chi connectivity index (χ0) is 44.1. The van der Waals surface area contributed by atoms with E-state index in [2.05, 4.69) is 241 Å². The fourth-order valence-electron chi connectivity index (χ4n) is 12.8. The number of para-hydroxylation sites is 3. The summed E-state index contributed by atoms with van der Waals surface area (Å²) in [7, 11) is 0. The van der Waals surface area contributed by atoms with Crippen LogP contribution in [0.15, 0.2) is 218 Å². The number of hydrogen-bond acceptors (Lipinski definition) is 0. The number of fused-ring (bicyclic) bond motifs is 16. The van der Waals surface area contributed by atoms with Crippen LogP contribution in [0.2, 0.25) is 0 Å². The molecule has 0 spiro atoms. The molecule has 2 heteroatoms. The number of rotatable bonds is 4. The van der Waals surface area contributed by atoms with Crippen LogP contribution in [0, 0.1) is 0 Å². The van der Waals surface area contributed by atoms with Gasteiger partial charge in [0.15, 0.2) is 0 Å². The fourth-order valence-corrected chi connectivity index (χ4v) is 12.8. The Hall–Kier alpha value is -8.46. The maximum atomic E-state index is 2.65. The zero-order valence-corrected chi connectivity index (χ0v) is 37.2. The van der Waals surface area contributed by atoms with Crippen molar-refractivity contribution < 1.29 is 0 Å². The molecule has 2 nitrogen and oxygen atoms in total. The molecule has 2 heterocycles. The summed E-state index contributed by atoms with van der Waals surface area (Å²) in [6, 6.07) is 81.5. The maximum absolute atomic E-state index is 2.65. The van der Waals surface area contributed by atoms with Crippen molar-refractivity contribution in [1.29, 1.82) is 0 Å². The molecule has 0 unspecified atom stereocenters. The Morgan fingerprint density at radius 3 is 1.46 bits per heavy atom. The Balaban J connectivity index is 1.15. The first kappa shape index (κ1) is 36.8. The van der Waals surface area contributed by atoms with E-state index in [9.17, 15) is 0 Å². The van der Waals surface area contributed by atoms with Crippen molar-refractivity contribution in [2.45, 2.75) is 19.3 Å². The summed E-state index contributed by atoms with van der Waals surface area (Å²) in [6.45, 7) is 4.89. The summed E-state index contributed by atoms with van der Waals surface area (Å²) >= 11 is 0. The number of hydrogen-bond donors (Lipinski definition) is 0. The van der Waals surface area contributed by atoms with Crippen molar-refractivity contribution in [3.63, 3.8) is 0 Å². The van der Waals surface area contributed by atoms with Crippen LogP contribution in [0.1, 0.15) is 25.0 Å². The van der Waals surface area contributed by atoms with Gasteiger partial charge in [-0.05, 0) is 108 Å². The van der Waals surface area contributed by atoms with Gasteiger partial charge in [-0.15, -0.1) is 0 Å². The molecule has 2 aliphatic carbocycles. The second-order valence-corrected chi connectivity index (χ2v) is 19.0. The molecule has 2 aliphatic rings. The van der Waals surface area contributed by atoms with Crippen molar-refractivity contribution in [3.05, 3.63) is 230 Å². The molecular formula is C65H42N2. The van der Waals surface area contributed by atoms with E-state index in [0.29, 0.717) is 0 Å². The minimum atomic E-state index is -0.265. The first-order valence-corrected chi connectivity index (χ1v) is 23.5. The van der Waals surface area contributed by atoms with E-state index in [1.807, 2.05) is 0 Å². The van der Waals surface area contributed by atoms with Crippen molar-refractivity contribution in [3.8, 4) is 67.0 Å². The van der Waals surface area contributed by atoms with Gasteiger partial charge in [0.05, 0.1) is 27.8 Å². The summed E-state index contributed by atoms with van der Waals surface area (Å²) in [5.74, 6) is 0. The van der Waals surface area contributed by atoms with Crippen LogP contribution < -0.4 is 0 Å². The lowest BCUT2D eigenvalue weighted by Crippen LogP contribution is -2.15. The van der Waals surface area contributed by atoms with Crippen molar-refractivity contribution in [1.82, 2.24) is 9.13 Å². The SMILES string of the molecule is CC1(C)c2ccccc2-c2c1c1c3ccccc3n(-c3ccc4c5c(cccc35)-c3c-4c(-c4ccccc4)c4ccccc4c3-c3ccccc3)c1c1c3ccccc3n(-c3ccccc3)c21. The number of nitrogens with zero attached hydrogens (tertiary/aromatic N) is 2. The van der Waals surface area contributed by atoms with Crippen LogP contribution in [0.3, 0.4) is 0 Å². The summed E-state index contributed by atoms with van der Waals surface area (Å²) < 4.78 is 5.20. The van der Waals surface area contributed by atoms with E-state index in [0.717, 1.165) is 0 Å². The number of benzene rings is 11. The first-order chi connectivity index (χ1) is 33.1. The molecule has 2 aromatic heterocycles. The van der Waals surface area contributed by atoms with E-state index in [4.69, 9.17) is 0 Å². The molecule has 0 radical (unpaired) electrons. The molecule has 0 bridgehead atoms. The van der Waals surface area contributed by atoms with Crippen LogP contribution in [0.5, 0.6) is 0 Å². The summed E-state index contributed by atoms with van der Waals surface area (Å²) in [6.07, 6.45) is 0. The van der Waals surface area contributed by atoms with Gasteiger partial charge in [-0.1, -0.05) is 202 Å². The highest BCUT2D eigenvalue weighted by molar-refractivity contribution is 6.33. The Morgan fingerprint density at radius 1 is 0.313 bits per heavy atom. The highest BCUT2D eigenvalue weighted by atomic mass is 15.0. The van der Waals surface area contributed by atoms with Crippen LogP contribution in [-0.2, 0) is 5.41 Å². The third kappa shape index (κ3) is 4.69. The lowest BCUT2D eigenvalue weighted by Gasteiger charge is -2.23. The predicted octanol–water partition coefficient (Wildman–Crippen LogP) is 17.5. The molecule has 0 N–H and O–H groups in total. The topological polar surface area (TPSA) is 9.86 Å². The van der Waals surface area contributed by atoms with E-state index in [1.54, 1.807) is 0 Å². The Morgan fingerprint density at radius 2 is 0.806 bits per heavy atom. The molecule has 0 fully saturated rings. The Kier molecular flexibility index (Phi) is 7.32. The van der Waals surface area contributed by atoms with E-state index in [-0.39, 0.29) is 5.41 Å². The smallest absolute Gasteiger partial charge is 0.0645 e. The van der Waals surface area contributed by atoms with Gasteiger partial charge >= 0.3 is 0 Å². The Bertz CT molecular complexity index is 4170. The second kappa shape index (κ2) is 13.3. The van der Waals surface area contributed by atoms with Gasteiger partial charge in [-0.3, -0.25) is 0 Å². The average molecular weight is 851 g/mol. The molecule has 13 aromatic rings. The quantitative estimate of drug-likeness (QED) is 0.167. The summed E-state index contributed by atoms with van der Waals surface area (Å²) in [5, 5.41) is 10.3. The monoisotopic (exact) mass is 850 g/mol. The minimum absolute atomic E-state index is 0.265. The van der Waals surface area contributed by atoms with Crippen molar-refractivity contribution >= 4 is 65.2 Å². The summed E-state index contributed by atoms with van der Waals surface area (Å²) in [4.78, 5) is 0. The minimum Gasteiger partial charge on any atom is -0.309 e. The highest BCUT2D eigenvalue weighted by Gasteiger charge is 2.42. The summed E-state index contributed by atoms with van der Waals surface area (Å²) in [5.41, 5.74) is 22.7. The van der Waals surface area contributed by atoms with E-state index >= 15 is 0 Å². The first-order valence-electron chi connectivity index (χ1n) is 23.5. The standard InChI is InChI=1S/C65H42N2/c1-65(2)50-34-17-14-29-44(50)59-62(65)60-46-30-15-19-36-52(46)67(64(60)61-47-31-16-18-35-51(47)66(63(59)61)41-25-10-5-11-26-41)53-38-37-49-56-45(53)32-20-33-48(56)57-54(39-21-6-3-7-22-39)42-27-12-13-28-43(42)55(58(49)57)40-23-8-4-9-24-40/h3-38H,1-2H3. The molecule has 0 saturated carbocycles. The van der Waals surface area contributed by atoms with Gasteiger partial charge < -0.3 is 9.13 Å². The van der Waals surface area contributed by atoms with Crippen molar-refractivity contribution in [2.75, 3.05) is 0 Å². The molecule has 67 heavy (non-hydrogen) atoms. The zero-order valence-electron chi connectivity index (χ0n) is 37.2. The van der Waals surface area contributed by atoms with Gasteiger partial charge in [-0.2, -0.15) is 0 Å². The lowest BCUT2D eigenvalue weighted by molar-refractivity contribution is 0.667. The van der Waals surface area contributed by atoms with Gasteiger partial charge in [0, 0.05) is 43.6 Å². The predicted molar refractivity (Wildman–Crippen MR) is 283 cm³/mol. The van der Waals surface area contributed by atoms with Gasteiger partial charge in [0.1, 0.15) is 0 Å². The molecule has 0 amide bonds. The molecule has 312 valence electrons. The average Bonchev–Trinajstić information content (AvgIpc) is 4.08. The molecule has 0 atom stereocenters. The van der Waals surface area contributed by atoms with Crippen LogP contribution >= 0.6 is 0 Å². The molecular weight excluding hydrogens is 809 g/mol. The third-order valence-electron chi connectivity index (χ3n) is 15.4. The second-order valence-electron chi connectivity index (χ2n) is 19.0. The molecule has 11 aromatic carbocycles. The molecule has 0 aliphatic heterocycles. The van der Waals surface area contributed by atoms with Crippen molar-refractivity contribution in [2.24, 2.45) is 0 Å². The lowest BCUT2D eigenvalue weighted by atomic mass is 9.80. The fraction of sp³-hybridized carbons (Fsp3) is 0.0462. The number of aromatic nitrogens is 2.